The van der Waals surface area contributed by atoms with E-state index in [9.17, 15) is 9.18 Å². The van der Waals surface area contributed by atoms with E-state index in [-0.39, 0.29) is 34.7 Å². The average molecular weight is 359 g/mol. The van der Waals surface area contributed by atoms with Crippen molar-refractivity contribution in [3.8, 4) is 5.88 Å². The van der Waals surface area contributed by atoms with Crippen molar-refractivity contribution in [2.75, 3.05) is 13.2 Å². The Bertz CT molecular complexity index is 825. The van der Waals surface area contributed by atoms with E-state index < -0.39 is 16.5 Å². The minimum atomic E-state index is -0.905. The van der Waals surface area contributed by atoms with Crippen molar-refractivity contribution in [3.05, 3.63) is 38.8 Å². The molecule has 1 atom stereocenters. The molecule has 2 aromatic rings. The summed E-state index contributed by atoms with van der Waals surface area (Å²) < 4.78 is 19.7. The molecule has 9 heteroatoms. The standard InChI is InChI=1S/C14H13Cl2FN4O2/c15-11-9(17)10-8(12(22)21-14(16)19-10)13(20-11)23-6-7-4-2-1-3-5-18-7/h1-2,7,18H,3-6H2,(H,19,21,22)/t7-/m0/s1. The van der Waals surface area contributed by atoms with E-state index in [2.05, 4.69) is 32.4 Å². The molecule has 0 spiro atoms. The molecule has 0 fully saturated rings. The lowest BCUT2D eigenvalue weighted by molar-refractivity contribution is 0.260. The molecule has 1 aliphatic rings. The van der Waals surface area contributed by atoms with Crippen LogP contribution in [0.2, 0.25) is 10.4 Å². The molecule has 0 radical (unpaired) electrons. The van der Waals surface area contributed by atoms with Gasteiger partial charge in [0, 0.05) is 6.04 Å². The highest BCUT2D eigenvalue weighted by atomic mass is 35.5. The minimum Gasteiger partial charge on any atom is -0.475 e. The molecule has 0 bridgehead atoms. The molecule has 3 rings (SSSR count). The lowest BCUT2D eigenvalue weighted by Gasteiger charge is -2.16. The summed E-state index contributed by atoms with van der Waals surface area (Å²) in [7, 11) is 0. The third kappa shape index (κ3) is 3.46. The van der Waals surface area contributed by atoms with Crippen molar-refractivity contribution in [2.45, 2.75) is 18.9 Å². The number of aromatic nitrogens is 3. The number of H-pyrrole nitrogens is 1. The fraction of sp³-hybridized carbons (Fsp3) is 0.357. The van der Waals surface area contributed by atoms with Gasteiger partial charge >= 0.3 is 0 Å². The van der Waals surface area contributed by atoms with Gasteiger partial charge in [-0.15, -0.1) is 0 Å². The third-order valence-corrected chi connectivity index (χ3v) is 3.88. The van der Waals surface area contributed by atoms with Gasteiger partial charge in [-0.3, -0.25) is 9.78 Å². The Labute approximate surface area is 140 Å². The second-order valence-corrected chi connectivity index (χ2v) is 5.78. The van der Waals surface area contributed by atoms with E-state index in [4.69, 9.17) is 27.9 Å². The van der Waals surface area contributed by atoms with Gasteiger partial charge in [-0.25, -0.2) is 9.37 Å². The summed E-state index contributed by atoms with van der Waals surface area (Å²) in [4.78, 5) is 21.9. The lowest BCUT2D eigenvalue weighted by atomic mass is 10.2. The summed E-state index contributed by atoms with van der Waals surface area (Å²) in [5.41, 5.74) is -0.894. The highest BCUT2D eigenvalue weighted by molar-refractivity contribution is 6.30. The van der Waals surface area contributed by atoms with E-state index in [1.807, 2.05) is 0 Å². The van der Waals surface area contributed by atoms with E-state index in [0.717, 1.165) is 19.4 Å². The molecule has 2 aromatic heterocycles. The Hall–Kier alpha value is -1.70. The summed E-state index contributed by atoms with van der Waals surface area (Å²) in [6, 6.07) is 0.0637. The van der Waals surface area contributed by atoms with Gasteiger partial charge < -0.3 is 10.1 Å². The maximum atomic E-state index is 14.0. The van der Waals surface area contributed by atoms with Crippen LogP contribution >= 0.6 is 23.2 Å². The Morgan fingerprint density at radius 2 is 2.17 bits per heavy atom. The third-order valence-electron chi connectivity index (χ3n) is 3.45. The molecule has 0 amide bonds. The number of aromatic amines is 1. The summed E-state index contributed by atoms with van der Waals surface area (Å²) in [5, 5.41) is 2.54. The predicted octanol–water partition coefficient (Wildman–Crippen LogP) is 2.45. The fourth-order valence-corrected chi connectivity index (χ4v) is 2.67. The summed E-state index contributed by atoms with van der Waals surface area (Å²) in [5.74, 6) is -0.968. The number of nitrogens with one attached hydrogen (secondary N) is 2. The number of fused-ring (bicyclic) bond motifs is 1. The zero-order valence-corrected chi connectivity index (χ0v) is 13.4. The molecule has 0 aromatic carbocycles. The molecule has 3 heterocycles. The number of hydrogen-bond donors (Lipinski definition) is 2. The first-order chi connectivity index (χ1) is 11.1. The SMILES string of the molecule is O=c1[nH]c(Cl)nc2c(F)c(Cl)nc(OC[C@@H]3CC=CCCN3)c12. The van der Waals surface area contributed by atoms with Crippen LogP contribution in [0.4, 0.5) is 4.39 Å². The van der Waals surface area contributed by atoms with Gasteiger partial charge in [-0.1, -0.05) is 23.8 Å². The van der Waals surface area contributed by atoms with Gasteiger partial charge in [-0.2, -0.15) is 4.98 Å². The van der Waals surface area contributed by atoms with Crippen molar-refractivity contribution in [1.82, 2.24) is 20.3 Å². The second kappa shape index (κ2) is 6.82. The van der Waals surface area contributed by atoms with E-state index in [1.54, 1.807) is 0 Å². The van der Waals surface area contributed by atoms with Crippen LogP contribution in [-0.4, -0.2) is 34.1 Å². The highest BCUT2D eigenvalue weighted by Crippen LogP contribution is 2.27. The summed E-state index contributed by atoms with van der Waals surface area (Å²) in [6.07, 6.45) is 5.88. The monoisotopic (exact) mass is 358 g/mol. The second-order valence-electron chi connectivity index (χ2n) is 5.06. The average Bonchev–Trinajstić information content (AvgIpc) is 2.78. The van der Waals surface area contributed by atoms with E-state index in [0.29, 0.717) is 0 Å². The molecule has 1 aliphatic heterocycles. The number of rotatable bonds is 3. The number of pyridine rings is 1. The van der Waals surface area contributed by atoms with Crippen LogP contribution in [0.3, 0.4) is 0 Å². The summed E-state index contributed by atoms with van der Waals surface area (Å²) >= 11 is 11.4. The van der Waals surface area contributed by atoms with Gasteiger partial charge in [0.25, 0.3) is 5.56 Å². The highest BCUT2D eigenvalue weighted by Gasteiger charge is 2.20. The topological polar surface area (TPSA) is 79.9 Å². The van der Waals surface area contributed by atoms with Crippen molar-refractivity contribution in [1.29, 1.82) is 0 Å². The van der Waals surface area contributed by atoms with Crippen LogP contribution in [0.5, 0.6) is 5.88 Å². The predicted molar refractivity (Wildman–Crippen MR) is 85.8 cm³/mol. The van der Waals surface area contributed by atoms with Gasteiger partial charge in [0.1, 0.15) is 17.5 Å². The van der Waals surface area contributed by atoms with E-state index >= 15 is 0 Å². The van der Waals surface area contributed by atoms with Crippen molar-refractivity contribution in [3.63, 3.8) is 0 Å². The number of halogens is 3. The van der Waals surface area contributed by atoms with E-state index in [1.165, 1.54) is 0 Å². The first-order valence-electron chi connectivity index (χ1n) is 7.02. The lowest BCUT2D eigenvalue weighted by Crippen LogP contribution is -2.34. The van der Waals surface area contributed by atoms with Gasteiger partial charge in [0.2, 0.25) is 11.2 Å². The number of hydrogen-bond acceptors (Lipinski definition) is 5. The Kier molecular flexibility index (Phi) is 4.79. The normalized spacial score (nSPS) is 18.1. The molecule has 0 saturated carbocycles. The van der Waals surface area contributed by atoms with Crippen LogP contribution in [-0.2, 0) is 0 Å². The molecule has 122 valence electrons. The van der Waals surface area contributed by atoms with Crippen molar-refractivity contribution in [2.24, 2.45) is 0 Å². The van der Waals surface area contributed by atoms with Crippen LogP contribution in [0, 0.1) is 5.82 Å². The van der Waals surface area contributed by atoms with Gasteiger partial charge in [0.05, 0.1) is 0 Å². The smallest absolute Gasteiger partial charge is 0.265 e. The van der Waals surface area contributed by atoms with Crippen LogP contribution in [0.1, 0.15) is 12.8 Å². The van der Waals surface area contributed by atoms with Gasteiger partial charge in [0.15, 0.2) is 11.0 Å². The molecule has 2 N–H and O–H groups in total. The molecular weight excluding hydrogens is 346 g/mol. The quantitative estimate of drug-likeness (QED) is 0.500. The Balaban J connectivity index is 1.95. The minimum absolute atomic E-state index is 0.0631. The molecule has 23 heavy (non-hydrogen) atoms. The molecule has 6 nitrogen and oxygen atoms in total. The van der Waals surface area contributed by atoms with Crippen molar-refractivity contribution < 1.29 is 9.13 Å². The number of ether oxygens (including phenoxy) is 1. The maximum absolute atomic E-state index is 14.0. The first-order valence-corrected chi connectivity index (χ1v) is 7.77. The zero-order chi connectivity index (χ0) is 16.4. The first kappa shape index (κ1) is 16.2. The molecule has 0 aliphatic carbocycles. The largest absolute Gasteiger partial charge is 0.475 e. The van der Waals surface area contributed by atoms with Crippen molar-refractivity contribution >= 4 is 34.1 Å². The molecule has 0 unspecified atom stereocenters. The van der Waals surface area contributed by atoms with Crippen LogP contribution in [0.15, 0.2) is 16.9 Å². The van der Waals surface area contributed by atoms with Gasteiger partial charge in [-0.05, 0) is 31.0 Å². The Morgan fingerprint density at radius 1 is 1.35 bits per heavy atom. The number of nitrogens with zero attached hydrogens (tertiary/aromatic N) is 2. The molecule has 0 saturated heterocycles. The van der Waals surface area contributed by atoms with Crippen LogP contribution < -0.4 is 15.6 Å². The molecular formula is C14H13Cl2FN4O2. The fourth-order valence-electron chi connectivity index (χ4n) is 2.34. The van der Waals surface area contributed by atoms with Crippen LogP contribution in [0.25, 0.3) is 10.9 Å². The Morgan fingerprint density at radius 3 is 3.00 bits per heavy atom. The summed E-state index contributed by atoms with van der Waals surface area (Å²) in [6.45, 7) is 1.09. The zero-order valence-electron chi connectivity index (χ0n) is 11.9. The maximum Gasteiger partial charge on any atom is 0.265 e.